The first-order valence-electron chi connectivity index (χ1n) is 14.1. The Kier molecular flexibility index (Phi) is 11.3. The maximum absolute atomic E-state index is 13.6. The summed E-state index contributed by atoms with van der Waals surface area (Å²) in [6, 6.07) is 11.1. The second-order valence-electron chi connectivity index (χ2n) is 11.8. The molecule has 0 fully saturated rings. The Morgan fingerprint density at radius 2 is 1.78 bits per heavy atom. The number of aryl methyl sites for hydroxylation is 1. The molecule has 1 aliphatic rings. The van der Waals surface area contributed by atoms with Crippen molar-refractivity contribution >= 4 is 40.9 Å². The van der Waals surface area contributed by atoms with E-state index in [9.17, 15) is 19.2 Å². The normalized spacial score (nSPS) is 15.5. The molecule has 5 N–H and O–H groups in total. The lowest BCUT2D eigenvalue weighted by Gasteiger charge is -2.36. The highest BCUT2D eigenvalue weighted by molar-refractivity contribution is 6.31. The number of fused-ring (bicyclic) bond motifs is 1. The smallest absolute Gasteiger partial charge is 0.246 e. The van der Waals surface area contributed by atoms with Crippen molar-refractivity contribution < 1.29 is 19.2 Å². The van der Waals surface area contributed by atoms with Crippen molar-refractivity contribution in [2.75, 3.05) is 18.4 Å². The van der Waals surface area contributed by atoms with E-state index in [1.807, 2.05) is 31.2 Å². The Balaban J connectivity index is 1.70. The molecule has 1 heterocycles. The highest BCUT2D eigenvalue weighted by atomic mass is 35.5. The zero-order valence-corrected chi connectivity index (χ0v) is 25.1. The van der Waals surface area contributed by atoms with Gasteiger partial charge in [-0.05, 0) is 66.6 Å². The lowest BCUT2D eigenvalue weighted by atomic mass is 9.92. The first-order chi connectivity index (χ1) is 19.4. The van der Waals surface area contributed by atoms with Crippen LogP contribution in [-0.4, -0.2) is 53.7 Å². The van der Waals surface area contributed by atoms with Gasteiger partial charge in [0, 0.05) is 43.1 Å². The molecule has 10 heteroatoms. The van der Waals surface area contributed by atoms with E-state index < -0.39 is 23.9 Å². The van der Waals surface area contributed by atoms with Crippen molar-refractivity contribution in [3.8, 4) is 0 Å². The van der Waals surface area contributed by atoms with Crippen LogP contribution in [0, 0.1) is 12.3 Å². The Bertz CT molecular complexity index is 1260. The minimum absolute atomic E-state index is 0.0179. The lowest BCUT2D eigenvalue weighted by Crippen LogP contribution is -2.56. The summed E-state index contributed by atoms with van der Waals surface area (Å²) in [5.74, 6) is -1.34. The van der Waals surface area contributed by atoms with Crippen LogP contribution in [0.25, 0.3) is 0 Å². The summed E-state index contributed by atoms with van der Waals surface area (Å²) in [6.07, 6.45) is 1.37. The van der Waals surface area contributed by atoms with Gasteiger partial charge < -0.3 is 26.6 Å². The highest BCUT2D eigenvalue weighted by Gasteiger charge is 2.36. The quantitative estimate of drug-likeness (QED) is 0.320. The van der Waals surface area contributed by atoms with E-state index in [-0.39, 0.29) is 49.6 Å². The number of benzene rings is 2. The van der Waals surface area contributed by atoms with Crippen molar-refractivity contribution in [3.05, 3.63) is 64.2 Å². The Morgan fingerprint density at radius 1 is 1.07 bits per heavy atom. The zero-order valence-electron chi connectivity index (χ0n) is 24.4. The summed E-state index contributed by atoms with van der Waals surface area (Å²) in [5.41, 5.74) is 9.15. The van der Waals surface area contributed by atoms with Crippen LogP contribution in [0.4, 0.5) is 5.69 Å². The molecule has 0 spiro atoms. The zero-order chi connectivity index (χ0) is 30.2. The van der Waals surface area contributed by atoms with E-state index in [4.69, 9.17) is 17.3 Å². The van der Waals surface area contributed by atoms with E-state index in [0.717, 1.165) is 23.1 Å². The number of rotatable bonds is 11. The third-order valence-corrected chi connectivity index (χ3v) is 7.57. The molecule has 3 rings (SSSR count). The molecule has 41 heavy (non-hydrogen) atoms. The number of nitrogens with zero attached hydrogens (tertiary/aromatic N) is 1. The van der Waals surface area contributed by atoms with E-state index in [2.05, 4.69) is 36.7 Å². The number of hydrogen-bond acceptors (Lipinski definition) is 5. The third-order valence-electron chi connectivity index (χ3n) is 7.15. The van der Waals surface area contributed by atoms with Gasteiger partial charge in [-0.3, -0.25) is 19.2 Å². The fraction of sp³-hybridized carbons (Fsp3) is 0.484. The van der Waals surface area contributed by atoms with Gasteiger partial charge in [0.2, 0.25) is 23.6 Å². The molecular formula is C31H42ClN5O4. The standard InChI is InChI=1S/C31H42ClN5O4/c1-20-17-23(9-10-24(20)32)35-29(40)25(13-15-33)36-30(41)26-18-21-7-5-6-8-22(21)19-37(26)28(39)12-11-27(38)34-16-14-31(2,3)4/h5-10,17,25-26H,11-16,18-19,33H2,1-4H3,(H,34,38)(H,35,40)(H,36,41)/t25-,26-/m0/s1. The molecule has 1 aliphatic heterocycles. The molecule has 0 bridgehead atoms. The summed E-state index contributed by atoms with van der Waals surface area (Å²) in [7, 11) is 0. The molecule has 0 aromatic heterocycles. The lowest BCUT2D eigenvalue weighted by molar-refractivity contribution is -0.143. The molecule has 0 unspecified atom stereocenters. The van der Waals surface area contributed by atoms with Gasteiger partial charge in [-0.25, -0.2) is 0 Å². The fourth-order valence-corrected chi connectivity index (χ4v) is 4.82. The Hall–Kier alpha value is -3.43. The maximum Gasteiger partial charge on any atom is 0.246 e. The first-order valence-corrected chi connectivity index (χ1v) is 14.5. The highest BCUT2D eigenvalue weighted by Crippen LogP contribution is 2.25. The van der Waals surface area contributed by atoms with Gasteiger partial charge in [0.15, 0.2) is 0 Å². The van der Waals surface area contributed by atoms with Crippen molar-refractivity contribution in [2.24, 2.45) is 11.1 Å². The molecule has 0 radical (unpaired) electrons. The third kappa shape index (κ3) is 9.57. The van der Waals surface area contributed by atoms with Crippen molar-refractivity contribution in [2.45, 2.75) is 78.4 Å². The van der Waals surface area contributed by atoms with Gasteiger partial charge in [0.05, 0.1) is 0 Å². The number of amides is 4. The van der Waals surface area contributed by atoms with Gasteiger partial charge in [-0.2, -0.15) is 0 Å². The van der Waals surface area contributed by atoms with Crippen LogP contribution in [0.1, 0.15) is 63.1 Å². The van der Waals surface area contributed by atoms with Gasteiger partial charge in [0.1, 0.15) is 12.1 Å². The van der Waals surface area contributed by atoms with Crippen LogP contribution in [0.5, 0.6) is 0 Å². The molecule has 222 valence electrons. The number of anilines is 1. The topological polar surface area (TPSA) is 134 Å². The monoisotopic (exact) mass is 583 g/mol. The summed E-state index contributed by atoms with van der Waals surface area (Å²) < 4.78 is 0. The van der Waals surface area contributed by atoms with Crippen molar-refractivity contribution in [3.63, 3.8) is 0 Å². The minimum atomic E-state index is -0.897. The van der Waals surface area contributed by atoms with Crippen LogP contribution in [0.15, 0.2) is 42.5 Å². The molecule has 2 aromatic carbocycles. The van der Waals surface area contributed by atoms with Crippen molar-refractivity contribution in [1.29, 1.82) is 0 Å². The first kappa shape index (κ1) is 32.1. The van der Waals surface area contributed by atoms with Gasteiger partial charge >= 0.3 is 0 Å². The van der Waals surface area contributed by atoms with Crippen molar-refractivity contribution in [1.82, 2.24) is 15.5 Å². The average Bonchev–Trinajstić information content (AvgIpc) is 2.92. The van der Waals surface area contributed by atoms with Gasteiger partial charge in [-0.15, -0.1) is 0 Å². The molecule has 0 aliphatic carbocycles. The van der Waals surface area contributed by atoms with E-state index >= 15 is 0 Å². The Labute approximate surface area is 247 Å². The number of carbonyl (C=O) groups is 4. The van der Waals surface area contributed by atoms with Crippen LogP contribution < -0.4 is 21.7 Å². The maximum atomic E-state index is 13.6. The molecular weight excluding hydrogens is 542 g/mol. The van der Waals surface area contributed by atoms with E-state index in [1.54, 1.807) is 18.2 Å². The van der Waals surface area contributed by atoms with Gasteiger partial charge in [0.25, 0.3) is 0 Å². The molecule has 4 amide bonds. The molecule has 9 nitrogen and oxygen atoms in total. The van der Waals surface area contributed by atoms with Crippen LogP contribution in [-0.2, 0) is 32.1 Å². The van der Waals surface area contributed by atoms with Crippen LogP contribution in [0.2, 0.25) is 5.02 Å². The number of hydrogen-bond donors (Lipinski definition) is 4. The SMILES string of the molecule is Cc1cc(NC(=O)[C@H](CCN)NC(=O)[C@@H]2Cc3ccccc3CN2C(=O)CCC(=O)NCCC(C)(C)C)ccc1Cl. The Morgan fingerprint density at radius 3 is 2.44 bits per heavy atom. The summed E-state index contributed by atoms with van der Waals surface area (Å²) in [4.78, 5) is 54.0. The number of nitrogens with one attached hydrogen (secondary N) is 3. The fourth-order valence-electron chi connectivity index (χ4n) is 4.70. The average molecular weight is 584 g/mol. The molecule has 2 aromatic rings. The number of nitrogens with two attached hydrogens (primary N) is 1. The van der Waals surface area contributed by atoms with E-state index in [1.165, 1.54) is 4.90 Å². The van der Waals surface area contributed by atoms with Crippen LogP contribution >= 0.6 is 11.6 Å². The molecule has 2 atom stereocenters. The summed E-state index contributed by atoms with van der Waals surface area (Å²) >= 11 is 6.10. The van der Waals surface area contributed by atoms with Gasteiger partial charge in [-0.1, -0.05) is 56.6 Å². The second-order valence-corrected chi connectivity index (χ2v) is 12.2. The minimum Gasteiger partial charge on any atom is -0.356 e. The molecule has 0 saturated heterocycles. The predicted molar refractivity (Wildman–Crippen MR) is 161 cm³/mol. The largest absolute Gasteiger partial charge is 0.356 e. The number of halogens is 1. The van der Waals surface area contributed by atoms with E-state index in [0.29, 0.717) is 23.7 Å². The van der Waals surface area contributed by atoms with Crippen LogP contribution in [0.3, 0.4) is 0 Å². The summed E-state index contributed by atoms with van der Waals surface area (Å²) in [5, 5.41) is 9.10. The number of carbonyl (C=O) groups excluding carboxylic acids is 4. The predicted octanol–water partition coefficient (Wildman–Crippen LogP) is 3.71. The summed E-state index contributed by atoms with van der Waals surface area (Å²) in [6.45, 7) is 9.10. The molecule has 0 saturated carbocycles. The second kappa shape index (κ2) is 14.5.